The first-order valence-electron chi connectivity index (χ1n) is 4.78. The van der Waals surface area contributed by atoms with E-state index in [9.17, 15) is 13.2 Å². The lowest BCUT2D eigenvalue weighted by Crippen LogP contribution is -2.25. The first-order valence-corrected chi connectivity index (χ1v) is 4.78. The van der Waals surface area contributed by atoms with Gasteiger partial charge in [0.1, 0.15) is 12.4 Å². The predicted molar refractivity (Wildman–Crippen MR) is 51.7 cm³/mol. The molecule has 4 nitrogen and oxygen atoms in total. The quantitative estimate of drug-likeness (QED) is 0.826. The molecule has 1 N–H and O–H groups in total. The van der Waals surface area contributed by atoms with Gasteiger partial charge in [0.25, 0.3) is 0 Å². The lowest BCUT2D eigenvalue weighted by molar-refractivity contribution is -0.141. The molecule has 1 aromatic rings. The van der Waals surface area contributed by atoms with E-state index in [1.807, 2.05) is 0 Å². The van der Waals surface area contributed by atoms with Crippen LogP contribution in [0.15, 0.2) is 12.4 Å². The van der Waals surface area contributed by atoms with Gasteiger partial charge in [-0.2, -0.15) is 13.2 Å². The van der Waals surface area contributed by atoms with Crippen molar-refractivity contribution in [1.29, 1.82) is 0 Å². The predicted octanol–water partition coefficient (Wildman–Crippen LogP) is 0.869. The van der Waals surface area contributed by atoms with Gasteiger partial charge in [-0.1, -0.05) is 0 Å². The number of alkyl halides is 3. The van der Waals surface area contributed by atoms with Crippen molar-refractivity contribution in [2.24, 2.45) is 0 Å². The molecule has 92 valence electrons. The minimum absolute atomic E-state index is 0.0313. The SMILES string of the molecule is CN(CCO)Cc1nccn1CC(F)(F)F. The number of aliphatic hydroxyl groups excluding tert-OH is 1. The van der Waals surface area contributed by atoms with Gasteiger partial charge in [0, 0.05) is 18.9 Å². The van der Waals surface area contributed by atoms with E-state index >= 15 is 0 Å². The van der Waals surface area contributed by atoms with Gasteiger partial charge in [0.05, 0.1) is 13.2 Å². The highest BCUT2D eigenvalue weighted by Gasteiger charge is 2.28. The van der Waals surface area contributed by atoms with Gasteiger partial charge in [-0.25, -0.2) is 4.98 Å². The summed E-state index contributed by atoms with van der Waals surface area (Å²) in [5.74, 6) is 0.341. The van der Waals surface area contributed by atoms with Gasteiger partial charge in [0.15, 0.2) is 0 Å². The first-order chi connectivity index (χ1) is 7.42. The summed E-state index contributed by atoms with van der Waals surface area (Å²) in [5.41, 5.74) is 0. The molecule has 1 heterocycles. The number of likely N-dealkylation sites (N-methyl/N-ethyl adjacent to an activating group) is 1. The van der Waals surface area contributed by atoms with Crippen molar-refractivity contribution >= 4 is 0 Å². The molecule has 0 bridgehead atoms. The minimum atomic E-state index is -4.25. The number of halogens is 3. The molecule has 0 spiro atoms. The Hall–Kier alpha value is -1.08. The van der Waals surface area contributed by atoms with E-state index < -0.39 is 12.7 Å². The molecule has 0 unspecified atom stereocenters. The summed E-state index contributed by atoms with van der Waals surface area (Å²) in [6, 6.07) is 0. The maximum absolute atomic E-state index is 12.2. The highest BCUT2D eigenvalue weighted by Crippen LogP contribution is 2.18. The summed E-state index contributed by atoms with van der Waals surface area (Å²) in [5, 5.41) is 8.67. The molecule has 0 saturated heterocycles. The number of aliphatic hydroxyl groups is 1. The molecule has 7 heteroatoms. The Balaban J connectivity index is 2.63. The molecule has 0 saturated carbocycles. The summed E-state index contributed by atoms with van der Waals surface area (Å²) in [6.07, 6.45) is -1.60. The van der Waals surface area contributed by atoms with Crippen molar-refractivity contribution < 1.29 is 18.3 Å². The maximum Gasteiger partial charge on any atom is 0.406 e. The molecule has 1 rings (SSSR count). The molecular weight excluding hydrogens is 223 g/mol. The van der Waals surface area contributed by atoms with Crippen molar-refractivity contribution in [1.82, 2.24) is 14.5 Å². The van der Waals surface area contributed by atoms with Crippen molar-refractivity contribution in [2.45, 2.75) is 19.3 Å². The van der Waals surface area contributed by atoms with Gasteiger partial charge >= 0.3 is 6.18 Å². The highest BCUT2D eigenvalue weighted by molar-refractivity contribution is 4.92. The standard InChI is InChI=1S/C9H14F3N3O/c1-14(4-5-16)6-8-13-2-3-15(8)7-9(10,11)12/h2-3,16H,4-7H2,1H3. The highest BCUT2D eigenvalue weighted by atomic mass is 19.4. The molecule has 0 aromatic carbocycles. The molecule has 0 atom stereocenters. The minimum Gasteiger partial charge on any atom is -0.395 e. The number of aromatic nitrogens is 2. The summed E-state index contributed by atoms with van der Waals surface area (Å²) in [4.78, 5) is 5.57. The lowest BCUT2D eigenvalue weighted by atomic mass is 10.4. The Bertz CT molecular complexity index is 324. The third kappa shape index (κ3) is 4.19. The smallest absolute Gasteiger partial charge is 0.395 e. The Morgan fingerprint density at radius 1 is 1.50 bits per heavy atom. The average Bonchev–Trinajstić information content (AvgIpc) is 2.50. The van der Waals surface area contributed by atoms with Gasteiger partial charge < -0.3 is 9.67 Å². The molecule has 0 amide bonds. The first kappa shape index (κ1) is 13.0. The van der Waals surface area contributed by atoms with Gasteiger partial charge in [-0.3, -0.25) is 4.90 Å². The Morgan fingerprint density at radius 2 is 2.19 bits per heavy atom. The molecule has 0 aliphatic heterocycles. The zero-order chi connectivity index (χ0) is 12.2. The number of imidazole rings is 1. The number of hydrogen-bond donors (Lipinski definition) is 1. The molecule has 1 aromatic heterocycles. The summed E-state index contributed by atoms with van der Waals surface area (Å²) in [7, 11) is 1.71. The van der Waals surface area contributed by atoms with Crippen molar-refractivity contribution in [3.05, 3.63) is 18.2 Å². The van der Waals surface area contributed by atoms with Crippen LogP contribution in [0.1, 0.15) is 5.82 Å². The fourth-order valence-corrected chi connectivity index (χ4v) is 1.32. The topological polar surface area (TPSA) is 41.3 Å². The number of nitrogens with zero attached hydrogens (tertiary/aromatic N) is 3. The van der Waals surface area contributed by atoms with Crippen molar-refractivity contribution in [3.63, 3.8) is 0 Å². The van der Waals surface area contributed by atoms with E-state index in [-0.39, 0.29) is 13.2 Å². The van der Waals surface area contributed by atoms with Crippen LogP contribution in [0, 0.1) is 0 Å². The molecule has 16 heavy (non-hydrogen) atoms. The zero-order valence-corrected chi connectivity index (χ0v) is 8.91. The average molecular weight is 237 g/mol. The van der Waals surface area contributed by atoms with E-state index in [2.05, 4.69) is 4.98 Å². The monoisotopic (exact) mass is 237 g/mol. The van der Waals surface area contributed by atoms with Gasteiger partial charge in [-0.05, 0) is 7.05 Å². The second kappa shape index (κ2) is 5.31. The molecule has 0 radical (unpaired) electrons. The van der Waals surface area contributed by atoms with Gasteiger partial charge in [0.2, 0.25) is 0 Å². The van der Waals surface area contributed by atoms with Crippen LogP contribution >= 0.6 is 0 Å². The van der Waals surface area contributed by atoms with Crippen LogP contribution in [0.4, 0.5) is 13.2 Å². The van der Waals surface area contributed by atoms with Gasteiger partial charge in [-0.15, -0.1) is 0 Å². The normalized spacial score (nSPS) is 12.4. The van der Waals surface area contributed by atoms with Crippen LogP contribution < -0.4 is 0 Å². The Labute approximate surface area is 91.3 Å². The maximum atomic E-state index is 12.2. The Kier molecular flexibility index (Phi) is 4.31. The van der Waals surface area contributed by atoms with Crippen LogP contribution in [-0.2, 0) is 13.1 Å². The van der Waals surface area contributed by atoms with E-state index in [0.29, 0.717) is 12.4 Å². The third-order valence-electron chi connectivity index (χ3n) is 2.04. The lowest BCUT2D eigenvalue weighted by Gasteiger charge is -2.16. The van der Waals surface area contributed by atoms with Crippen LogP contribution in [0.5, 0.6) is 0 Å². The molecule has 0 aliphatic rings. The van der Waals surface area contributed by atoms with E-state index in [0.717, 1.165) is 4.57 Å². The largest absolute Gasteiger partial charge is 0.406 e. The Morgan fingerprint density at radius 3 is 2.75 bits per heavy atom. The second-order valence-electron chi connectivity index (χ2n) is 3.55. The van der Waals surface area contributed by atoms with Crippen LogP contribution in [-0.4, -0.2) is 45.9 Å². The molecule has 0 fully saturated rings. The zero-order valence-electron chi connectivity index (χ0n) is 8.91. The second-order valence-corrected chi connectivity index (χ2v) is 3.55. The van der Waals surface area contributed by atoms with E-state index in [1.54, 1.807) is 11.9 Å². The summed E-state index contributed by atoms with van der Waals surface area (Å²) < 4.78 is 37.6. The third-order valence-corrected chi connectivity index (χ3v) is 2.04. The van der Waals surface area contributed by atoms with Crippen molar-refractivity contribution in [3.8, 4) is 0 Å². The van der Waals surface area contributed by atoms with Crippen LogP contribution in [0.2, 0.25) is 0 Å². The van der Waals surface area contributed by atoms with E-state index in [4.69, 9.17) is 5.11 Å². The van der Waals surface area contributed by atoms with E-state index in [1.165, 1.54) is 12.4 Å². The van der Waals surface area contributed by atoms with Crippen molar-refractivity contribution in [2.75, 3.05) is 20.2 Å². The number of hydrogen-bond acceptors (Lipinski definition) is 3. The fourth-order valence-electron chi connectivity index (χ4n) is 1.32. The molecule has 0 aliphatic carbocycles. The summed E-state index contributed by atoms with van der Waals surface area (Å²) >= 11 is 0. The summed E-state index contributed by atoms with van der Waals surface area (Å²) in [6.45, 7) is -0.381. The number of rotatable bonds is 5. The van der Waals surface area contributed by atoms with Crippen LogP contribution in [0.3, 0.4) is 0 Å². The van der Waals surface area contributed by atoms with Crippen LogP contribution in [0.25, 0.3) is 0 Å². The molecular formula is C9H14F3N3O. The fraction of sp³-hybridized carbons (Fsp3) is 0.667.